The van der Waals surface area contributed by atoms with Crippen LogP contribution in [0.1, 0.15) is 24.5 Å². The molecule has 1 aromatic heterocycles. The Kier molecular flexibility index (Phi) is 4.65. The van der Waals surface area contributed by atoms with Crippen molar-refractivity contribution in [3.63, 3.8) is 0 Å². The largest absolute Gasteiger partial charge is 0.335 e. The molecule has 0 saturated carbocycles. The highest BCUT2D eigenvalue weighted by molar-refractivity contribution is 8.21. The monoisotopic (exact) mass is 318 g/mol. The summed E-state index contributed by atoms with van der Waals surface area (Å²) in [5.41, 5.74) is 2.78. The Hall–Kier alpha value is -0.870. The standard InChI is InChI=1S/C17H22N2S2/c1-3-16-11-20-17(21-16,12-19-9-8-18-13-19)10-15-6-4-14(2)5-7-15/h4-9,13,16H,3,10-12H2,1-2H3. The molecule has 112 valence electrons. The van der Waals surface area contributed by atoms with E-state index in [2.05, 4.69) is 77.4 Å². The van der Waals surface area contributed by atoms with Crippen molar-refractivity contribution in [2.75, 3.05) is 5.75 Å². The lowest BCUT2D eigenvalue weighted by molar-refractivity contribution is 0.624. The minimum atomic E-state index is 0.247. The highest BCUT2D eigenvalue weighted by atomic mass is 32.2. The zero-order valence-electron chi connectivity index (χ0n) is 12.7. The van der Waals surface area contributed by atoms with Crippen LogP contribution in [-0.4, -0.2) is 24.6 Å². The van der Waals surface area contributed by atoms with Crippen LogP contribution in [0.4, 0.5) is 0 Å². The molecule has 4 heteroatoms. The first-order chi connectivity index (χ1) is 10.2. The summed E-state index contributed by atoms with van der Waals surface area (Å²) in [5.74, 6) is 1.27. The quantitative estimate of drug-likeness (QED) is 0.814. The Balaban J connectivity index is 1.80. The molecule has 0 spiro atoms. The van der Waals surface area contributed by atoms with Crippen molar-refractivity contribution in [1.29, 1.82) is 0 Å². The van der Waals surface area contributed by atoms with Gasteiger partial charge in [-0.05, 0) is 25.3 Å². The molecule has 0 aliphatic carbocycles. The van der Waals surface area contributed by atoms with Crippen LogP contribution in [0.25, 0.3) is 0 Å². The summed E-state index contributed by atoms with van der Waals surface area (Å²) >= 11 is 4.30. The van der Waals surface area contributed by atoms with Crippen molar-refractivity contribution < 1.29 is 0 Å². The van der Waals surface area contributed by atoms with Crippen molar-refractivity contribution >= 4 is 23.5 Å². The molecule has 0 N–H and O–H groups in total. The van der Waals surface area contributed by atoms with Crippen LogP contribution in [0.2, 0.25) is 0 Å². The van der Waals surface area contributed by atoms with E-state index in [0.29, 0.717) is 0 Å². The average Bonchev–Trinajstić information content (AvgIpc) is 3.12. The van der Waals surface area contributed by atoms with Crippen molar-refractivity contribution in [2.24, 2.45) is 0 Å². The van der Waals surface area contributed by atoms with Gasteiger partial charge in [-0.25, -0.2) is 4.98 Å². The molecular formula is C17H22N2S2. The maximum atomic E-state index is 4.20. The normalized spacial score (nSPS) is 25.3. The third-order valence-electron chi connectivity index (χ3n) is 3.95. The Morgan fingerprint density at radius 3 is 2.76 bits per heavy atom. The van der Waals surface area contributed by atoms with Crippen LogP contribution in [-0.2, 0) is 13.0 Å². The van der Waals surface area contributed by atoms with Crippen LogP contribution in [0, 0.1) is 6.92 Å². The van der Waals surface area contributed by atoms with E-state index in [1.54, 1.807) is 0 Å². The molecule has 2 unspecified atom stereocenters. The van der Waals surface area contributed by atoms with Gasteiger partial charge in [-0.3, -0.25) is 0 Å². The maximum absolute atomic E-state index is 4.20. The van der Waals surface area contributed by atoms with Crippen molar-refractivity contribution in [2.45, 2.75) is 42.6 Å². The summed E-state index contributed by atoms with van der Waals surface area (Å²) in [6.45, 7) is 5.49. The average molecular weight is 319 g/mol. The zero-order valence-corrected chi connectivity index (χ0v) is 14.3. The number of nitrogens with zero attached hydrogens (tertiary/aromatic N) is 2. The minimum Gasteiger partial charge on any atom is -0.335 e. The number of benzene rings is 1. The summed E-state index contributed by atoms with van der Waals surface area (Å²) in [6.07, 6.45) is 8.28. The van der Waals surface area contributed by atoms with Crippen molar-refractivity contribution in [3.8, 4) is 0 Å². The van der Waals surface area contributed by atoms with E-state index in [9.17, 15) is 0 Å². The topological polar surface area (TPSA) is 17.8 Å². The number of imidazole rings is 1. The van der Waals surface area contributed by atoms with Gasteiger partial charge in [-0.1, -0.05) is 36.8 Å². The number of aryl methyl sites for hydroxylation is 1. The Morgan fingerprint density at radius 1 is 1.33 bits per heavy atom. The Bertz CT molecular complexity index is 565. The molecule has 0 amide bonds. The van der Waals surface area contributed by atoms with Gasteiger partial charge < -0.3 is 4.57 Å². The first kappa shape index (κ1) is 15.0. The Labute approximate surface area is 135 Å². The Morgan fingerprint density at radius 2 is 2.14 bits per heavy atom. The van der Waals surface area contributed by atoms with Crippen LogP contribution < -0.4 is 0 Å². The van der Waals surface area contributed by atoms with Crippen molar-refractivity contribution in [3.05, 3.63) is 54.1 Å². The van der Waals surface area contributed by atoms with E-state index in [1.165, 1.54) is 23.3 Å². The number of aromatic nitrogens is 2. The molecule has 1 aliphatic rings. The van der Waals surface area contributed by atoms with Gasteiger partial charge >= 0.3 is 0 Å². The summed E-state index contributed by atoms with van der Waals surface area (Å²) in [7, 11) is 0. The van der Waals surface area contributed by atoms with Gasteiger partial charge in [-0.15, -0.1) is 23.5 Å². The molecule has 0 radical (unpaired) electrons. The second-order valence-electron chi connectivity index (χ2n) is 5.77. The number of thioether (sulfide) groups is 2. The van der Waals surface area contributed by atoms with Gasteiger partial charge in [0, 0.05) is 29.9 Å². The van der Waals surface area contributed by atoms with E-state index < -0.39 is 0 Å². The van der Waals surface area contributed by atoms with E-state index in [4.69, 9.17) is 0 Å². The fourth-order valence-electron chi connectivity index (χ4n) is 2.72. The predicted molar refractivity (Wildman–Crippen MR) is 94.0 cm³/mol. The lowest BCUT2D eigenvalue weighted by atomic mass is 10.1. The third kappa shape index (κ3) is 3.67. The van der Waals surface area contributed by atoms with Gasteiger partial charge in [0.05, 0.1) is 10.4 Å². The predicted octanol–water partition coefficient (Wildman–Crippen LogP) is 4.39. The van der Waals surface area contributed by atoms with Crippen LogP contribution in [0.3, 0.4) is 0 Å². The van der Waals surface area contributed by atoms with Gasteiger partial charge in [0.2, 0.25) is 0 Å². The molecule has 3 rings (SSSR count). The summed E-state index contributed by atoms with van der Waals surface area (Å²) in [5, 5.41) is 0.781. The van der Waals surface area contributed by atoms with E-state index >= 15 is 0 Å². The van der Waals surface area contributed by atoms with Crippen LogP contribution in [0.5, 0.6) is 0 Å². The zero-order chi connectivity index (χ0) is 14.7. The van der Waals surface area contributed by atoms with Gasteiger partial charge in [-0.2, -0.15) is 0 Å². The highest BCUT2D eigenvalue weighted by Crippen LogP contribution is 2.51. The first-order valence-corrected chi connectivity index (χ1v) is 9.39. The molecule has 1 aromatic carbocycles. The lowest BCUT2D eigenvalue weighted by Gasteiger charge is -2.28. The molecule has 1 fully saturated rings. The van der Waals surface area contributed by atoms with Crippen LogP contribution in [0.15, 0.2) is 43.0 Å². The van der Waals surface area contributed by atoms with E-state index in [-0.39, 0.29) is 4.08 Å². The summed E-state index contributed by atoms with van der Waals surface area (Å²) in [6, 6.07) is 9.01. The fraction of sp³-hybridized carbons (Fsp3) is 0.471. The molecule has 21 heavy (non-hydrogen) atoms. The van der Waals surface area contributed by atoms with Crippen molar-refractivity contribution in [1.82, 2.24) is 9.55 Å². The number of rotatable bonds is 5. The second kappa shape index (κ2) is 6.49. The first-order valence-electron chi connectivity index (χ1n) is 7.52. The summed E-state index contributed by atoms with van der Waals surface area (Å²) in [4.78, 5) is 4.20. The molecule has 1 saturated heterocycles. The molecule has 2 atom stereocenters. The molecule has 2 heterocycles. The van der Waals surface area contributed by atoms with Gasteiger partial charge in [0.1, 0.15) is 0 Å². The third-order valence-corrected chi connectivity index (χ3v) is 7.70. The fourth-order valence-corrected chi connectivity index (χ4v) is 6.57. The van der Waals surface area contributed by atoms with Crippen LogP contribution >= 0.6 is 23.5 Å². The molecule has 0 bridgehead atoms. The SMILES string of the molecule is CCC1CSC(Cc2ccc(C)cc2)(Cn2ccnc2)S1. The smallest absolute Gasteiger partial charge is 0.0946 e. The highest BCUT2D eigenvalue weighted by Gasteiger charge is 2.40. The number of hydrogen-bond donors (Lipinski definition) is 0. The van der Waals surface area contributed by atoms with E-state index in [1.807, 2.05) is 12.5 Å². The lowest BCUT2D eigenvalue weighted by Crippen LogP contribution is -2.27. The van der Waals surface area contributed by atoms with Gasteiger partial charge in [0.15, 0.2) is 0 Å². The summed E-state index contributed by atoms with van der Waals surface area (Å²) < 4.78 is 2.48. The van der Waals surface area contributed by atoms with Gasteiger partial charge in [0.25, 0.3) is 0 Å². The number of hydrogen-bond acceptors (Lipinski definition) is 3. The minimum absolute atomic E-state index is 0.247. The second-order valence-corrected chi connectivity index (χ2v) is 9.11. The van der Waals surface area contributed by atoms with E-state index in [0.717, 1.165) is 18.2 Å². The molecule has 2 aromatic rings. The molecule has 1 aliphatic heterocycles. The molecule has 2 nitrogen and oxygen atoms in total. The maximum Gasteiger partial charge on any atom is 0.0946 e. The molecular weight excluding hydrogens is 296 g/mol.